The Morgan fingerprint density at radius 2 is 1.92 bits per heavy atom. The van der Waals surface area contributed by atoms with Gasteiger partial charge in [0.05, 0.1) is 39.4 Å². The Morgan fingerprint density at radius 1 is 1.20 bits per heavy atom. The molecule has 0 bridgehead atoms. The highest BCUT2D eigenvalue weighted by molar-refractivity contribution is 5.89. The van der Waals surface area contributed by atoms with Crippen LogP contribution >= 0.6 is 0 Å². The molecule has 3 rings (SSSR count). The lowest BCUT2D eigenvalue weighted by Crippen LogP contribution is -2.42. The summed E-state index contributed by atoms with van der Waals surface area (Å²) in [4.78, 5) is 26.7. The number of amides is 1. The zero-order chi connectivity index (χ0) is 18.0. The van der Waals surface area contributed by atoms with Gasteiger partial charge in [0.25, 0.3) is 0 Å². The Morgan fingerprint density at radius 3 is 2.56 bits per heavy atom. The van der Waals surface area contributed by atoms with Crippen LogP contribution in [0.4, 0.5) is 0 Å². The molecule has 7 nitrogen and oxygen atoms in total. The average Bonchev–Trinajstić information content (AvgIpc) is 2.64. The second kappa shape index (κ2) is 7.14. The molecule has 0 unspecified atom stereocenters. The van der Waals surface area contributed by atoms with Gasteiger partial charge in [0.2, 0.25) is 11.7 Å². The van der Waals surface area contributed by atoms with Gasteiger partial charge in [-0.05, 0) is 24.6 Å². The van der Waals surface area contributed by atoms with E-state index in [1.807, 2.05) is 6.92 Å². The Labute approximate surface area is 145 Å². The van der Waals surface area contributed by atoms with Gasteiger partial charge in [-0.2, -0.15) is 0 Å². The third kappa shape index (κ3) is 3.19. The maximum Gasteiger partial charge on any atom is 0.340 e. The van der Waals surface area contributed by atoms with Crippen molar-refractivity contribution < 1.29 is 23.4 Å². The molecule has 1 aromatic carbocycles. The first kappa shape index (κ1) is 17.3. The minimum atomic E-state index is -0.529. The molecule has 0 radical (unpaired) electrons. The Hall–Kier alpha value is -2.54. The molecule has 1 aliphatic heterocycles. The van der Waals surface area contributed by atoms with Crippen LogP contribution in [-0.2, 0) is 16.0 Å². The van der Waals surface area contributed by atoms with E-state index in [0.717, 1.165) is 5.39 Å². The van der Waals surface area contributed by atoms with E-state index in [2.05, 4.69) is 0 Å². The molecule has 0 spiro atoms. The summed E-state index contributed by atoms with van der Waals surface area (Å²) < 4.78 is 21.3. The maximum atomic E-state index is 12.5. The lowest BCUT2D eigenvalue weighted by Gasteiger charge is -2.27. The number of methoxy groups -OCH3 is 2. The number of benzene rings is 1. The molecule has 1 aromatic heterocycles. The highest BCUT2D eigenvalue weighted by Crippen LogP contribution is 2.36. The quantitative estimate of drug-likeness (QED) is 0.781. The van der Waals surface area contributed by atoms with Crippen molar-refractivity contribution in [3.8, 4) is 11.5 Å². The summed E-state index contributed by atoms with van der Waals surface area (Å²) >= 11 is 0. The molecular weight excluding hydrogens is 326 g/mol. The number of morpholine rings is 1. The molecule has 2 aromatic rings. The van der Waals surface area contributed by atoms with Crippen molar-refractivity contribution in [1.29, 1.82) is 0 Å². The molecule has 25 heavy (non-hydrogen) atoms. The Bertz CT molecular complexity index is 851. The summed E-state index contributed by atoms with van der Waals surface area (Å²) in [6.07, 6.45) is 0.0124. The smallest absolute Gasteiger partial charge is 0.340 e. The van der Waals surface area contributed by atoms with Crippen molar-refractivity contribution in [2.75, 3.05) is 40.5 Å². The zero-order valence-electron chi connectivity index (χ0n) is 14.6. The fourth-order valence-corrected chi connectivity index (χ4v) is 3.05. The third-order valence-corrected chi connectivity index (χ3v) is 4.49. The Balaban J connectivity index is 2.02. The van der Waals surface area contributed by atoms with Gasteiger partial charge in [0, 0.05) is 18.5 Å². The van der Waals surface area contributed by atoms with Crippen LogP contribution in [0.1, 0.15) is 11.1 Å². The molecule has 0 aliphatic carbocycles. The number of carbonyl (C=O) groups is 1. The molecule has 0 atom stereocenters. The highest BCUT2D eigenvalue weighted by atomic mass is 16.5. The van der Waals surface area contributed by atoms with Crippen molar-refractivity contribution in [2.45, 2.75) is 13.3 Å². The lowest BCUT2D eigenvalue weighted by molar-refractivity contribution is -0.134. The second-order valence-corrected chi connectivity index (χ2v) is 5.84. The minimum absolute atomic E-state index is 0.0124. The minimum Gasteiger partial charge on any atom is -0.493 e. The summed E-state index contributed by atoms with van der Waals surface area (Å²) in [7, 11) is 3.01. The van der Waals surface area contributed by atoms with Crippen molar-refractivity contribution in [3.05, 3.63) is 33.7 Å². The maximum absolute atomic E-state index is 12.5. The van der Waals surface area contributed by atoms with Gasteiger partial charge < -0.3 is 23.5 Å². The highest BCUT2D eigenvalue weighted by Gasteiger charge is 2.22. The normalized spacial score (nSPS) is 14.6. The molecule has 7 heteroatoms. The van der Waals surface area contributed by atoms with E-state index in [0.29, 0.717) is 54.5 Å². The van der Waals surface area contributed by atoms with E-state index < -0.39 is 5.63 Å². The number of nitrogens with zero attached hydrogens (tertiary/aromatic N) is 1. The van der Waals surface area contributed by atoms with Gasteiger partial charge in [-0.15, -0.1) is 0 Å². The average molecular weight is 347 g/mol. The number of hydrogen-bond donors (Lipinski definition) is 0. The SMILES string of the molecule is COc1ccc2c(C)c(CC(=O)N3CCOCC3)c(=O)oc2c1OC. The largest absolute Gasteiger partial charge is 0.493 e. The molecule has 0 N–H and O–H groups in total. The number of fused-ring (bicyclic) bond motifs is 1. The van der Waals surface area contributed by atoms with Crippen LogP contribution in [0.15, 0.2) is 21.3 Å². The van der Waals surface area contributed by atoms with Crippen molar-refractivity contribution in [1.82, 2.24) is 4.90 Å². The van der Waals surface area contributed by atoms with E-state index in [1.54, 1.807) is 17.0 Å². The molecule has 134 valence electrons. The van der Waals surface area contributed by atoms with Crippen LogP contribution in [0.25, 0.3) is 11.0 Å². The van der Waals surface area contributed by atoms with Gasteiger partial charge in [0.15, 0.2) is 11.3 Å². The van der Waals surface area contributed by atoms with Gasteiger partial charge in [-0.3, -0.25) is 4.79 Å². The van der Waals surface area contributed by atoms with Crippen molar-refractivity contribution in [2.24, 2.45) is 0 Å². The van der Waals surface area contributed by atoms with Crippen molar-refractivity contribution in [3.63, 3.8) is 0 Å². The molecule has 1 amide bonds. The molecule has 1 fully saturated rings. The molecular formula is C18H21NO6. The first-order valence-corrected chi connectivity index (χ1v) is 8.09. The first-order valence-electron chi connectivity index (χ1n) is 8.09. The summed E-state index contributed by atoms with van der Waals surface area (Å²) in [5.41, 5.74) is 0.884. The van der Waals surface area contributed by atoms with Crippen molar-refractivity contribution >= 4 is 16.9 Å². The fraction of sp³-hybridized carbons (Fsp3) is 0.444. The first-order chi connectivity index (χ1) is 12.1. The van der Waals surface area contributed by atoms with Crippen LogP contribution in [0, 0.1) is 6.92 Å². The molecule has 0 saturated carbocycles. The summed E-state index contributed by atoms with van der Waals surface area (Å²) in [5, 5.41) is 0.724. The van der Waals surface area contributed by atoms with E-state index in [4.69, 9.17) is 18.6 Å². The topological polar surface area (TPSA) is 78.2 Å². The molecule has 1 aliphatic rings. The Kier molecular flexibility index (Phi) is 4.94. The van der Waals surface area contributed by atoms with Crippen LogP contribution in [-0.4, -0.2) is 51.3 Å². The standard InChI is InChI=1S/C18H21NO6/c1-11-12-4-5-14(22-2)17(23-3)16(12)25-18(21)13(11)10-15(20)19-6-8-24-9-7-19/h4-5H,6-10H2,1-3H3. The summed E-state index contributed by atoms with van der Waals surface area (Å²) in [6.45, 7) is 3.94. The van der Waals surface area contributed by atoms with Crippen LogP contribution in [0.2, 0.25) is 0 Å². The van der Waals surface area contributed by atoms with E-state index in [-0.39, 0.29) is 12.3 Å². The predicted octanol–water partition coefficient (Wildman–Crippen LogP) is 1.52. The second-order valence-electron chi connectivity index (χ2n) is 5.84. The van der Waals surface area contributed by atoms with Gasteiger partial charge in [-0.1, -0.05) is 0 Å². The number of ether oxygens (including phenoxy) is 3. The third-order valence-electron chi connectivity index (χ3n) is 4.49. The number of hydrogen-bond acceptors (Lipinski definition) is 6. The number of carbonyl (C=O) groups excluding carboxylic acids is 1. The molecule has 1 saturated heterocycles. The molecule has 2 heterocycles. The van der Waals surface area contributed by atoms with E-state index in [1.165, 1.54) is 14.2 Å². The summed E-state index contributed by atoms with van der Waals surface area (Å²) in [6, 6.07) is 3.55. The van der Waals surface area contributed by atoms with Crippen LogP contribution < -0.4 is 15.1 Å². The van der Waals surface area contributed by atoms with Gasteiger partial charge >= 0.3 is 5.63 Å². The lowest BCUT2D eigenvalue weighted by atomic mass is 10.0. The number of aryl methyl sites for hydroxylation is 1. The van der Waals surface area contributed by atoms with Gasteiger partial charge in [-0.25, -0.2) is 4.79 Å². The van der Waals surface area contributed by atoms with Gasteiger partial charge in [0.1, 0.15) is 0 Å². The predicted molar refractivity (Wildman–Crippen MR) is 91.4 cm³/mol. The zero-order valence-corrected chi connectivity index (χ0v) is 14.6. The van der Waals surface area contributed by atoms with Crippen LogP contribution in [0.5, 0.6) is 11.5 Å². The van der Waals surface area contributed by atoms with E-state index in [9.17, 15) is 9.59 Å². The fourth-order valence-electron chi connectivity index (χ4n) is 3.05. The van der Waals surface area contributed by atoms with Crippen LogP contribution in [0.3, 0.4) is 0 Å². The monoisotopic (exact) mass is 347 g/mol. The van der Waals surface area contributed by atoms with E-state index >= 15 is 0 Å². The summed E-state index contributed by atoms with van der Waals surface area (Å²) in [5.74, 6) is 0.750. The number of rotatable bonds is 4.